The maximum Gasteiger partial charge on any atom is 0.252 e. The Balaban J connectivity index is 1.46. The van der Waals surface area contributed by atoms with Crippen molar-refractivity contribution in [1.29, 1.82) is 0 Å². The topological polar surface area (TPSA) is 88.9 Å². The van der Waals surface area contributed by atoms with E-state index >= 15 is 0 Å². The van der Waals surface area contributed by atoms with Gasteiger partial charge in [-0.15, -0.1) is 5.10 Å². The normalized spacial score (nSPS) is 11.4. The highest BCUT2D eigenvalue weighted by Crippen LogP contribution is 2.22. The van der Waals surface area contributed by atoms with Crippen LogP contribution < -0.4 is 10.3 Å². The van der Waals surface area contributed by atoms with Gasteiger partial charge in [0, 0.05) is 29.7 Å². The molecular weight excluding hydrogens is 483 g/mol. The molecule has 0 fully saturated rings. The second kappa shape index (κ2) is 11.4. The first kappa shape index (κ1) is 25.3. The molecule has 5 aromatic rings. The number of nitrogens with zero attached hydrogens (tertiary/aromatic N) is 5. The molecule has 2 aromatic heterocycles. The Labute approximate surface area is 219 Å². The summed E-state index contributed by atoms with van der Waals surface area (Å²) in [5.41, 5.74) is 4.42. The Morgan fingerprint density at radius 2 is 1.71 bits per heavy atom. The molecule has 0 spiro atoms. The van der Waals surface area contributed by atoms with E-state index in [0.29, 0.717) is 37.6 Å². The standard InChI is InChI=1S/C29H29FN6O2/c1-3-20-10-13-26-23(14-20)15-24(29(37)31-26)18-35(17-22-6-4-5-7-27(22)38-2)19-28-32-33-34-36(28)16-21-8-11-25(30)12-9-21/h4-15H,3,16-19H2,1-2H3,(H,31,37). The number of pyridine rings is 1. The molecule has 2 heterocycles. The molecule has 5 rings (SSSR count). The van der Waals surface area contributed by atoms with Gasteiger partial charge in [-0.2, -0.15) is 0 Å². The van der Waals surface area contributed by atoms with Crippen LogP contribution >= 0.6 is 0 Å². The Kier molecular flexibility index (Phi) is 7.55. The van der Waals surface area contributed by atoms with Crippen LogP contribution in [0, 0.1) is 5.82 Å². The number of tetrazole rings is 1. The Morgan fingerprint density at radius 3 is 2.50 bits per heavy atom. The molecule has 8 nitrogen and oxygen atoms in total. The van der Waals surface area contributed by atoms with Crippen LogP contribution in [0.4, 0.5) is 4.39 Å². The van der Waals surface area contributed by atoms with Gasteiger partial charge in [0.05, 0.1) is 20.2 Å². The van der Waals surface area contributed by atoms with Gasteiger partial charge in [-0.1, -0.05) is 43.3 Å². The lowest BCUT2D eigenvalue weighted by molar-refractivity contribution is 0.232. The van der Waals surface area contributed by atoms with E-state index in [2.05, 4.69) is 38.4 Å². The molecule has 0 aliphatic rings. The van der Waals surface area contributed by atoms with Crippen molar-refractivity contribution in [3.8, 4) is 5.75 Å². The van der Waals surface area contributed by atoms with Gasteiger partial charge >= 0.3 is 0 Å². The first-order chi connectivity index (χ1) is 18.5. The van der Waals surface area contributed by atoms with Crippen molar-refractivity contribution in [3.05, 3.63) is 117 Å². The zero-order valence-corrected chi connectivity index (χ0v) is 21.4. The molecule has 0 saturated heterocycles. The lowest BCUT2D eigenvalue weighted by Crippen LogP contribution is -2.28. The van der Waals surface area contributed by atoms with Crippen LogP contribution in [-0.2, 0) is 32.6 Å². The van der Waals surface area contributed by atoms with Crippen LogP contribution in [0.2, 0.25) is 0 Å². The van der Waals surface area contributed by atoms with Gasteiger partial charge in [-0.25, -0.2) is 9.07 Å². The molecule has 194 valence electrons. The number of nitrogens with one attached hydrogen (secondary N) is 1. The van der Waals surface area contributed by atoms with Gasteiger partial charge in [0.15, 0.2) is 5.82 Å². The van der Waals surface area contributed by atoms with Crippen LogP contribution in [0.25, 0.3) is 10.9 Å². The molecule has 0 aliphatic carbocycles. The van der Waals surface area contributed by atoms with Gasteiger partial charge in [-0.05, 0) is 69.8 Å². The number of aryl methyl sites for hydroxylation is 1. The van der Waals surface area contributed by atoms with E-state index in [4.69, 9.17) is 4.74 Å². The SMILES string of the molecule is CCc1ccc2[nH]c(=O)c(CN(Cc3ccccc3OC)Cc3nnnn3Cc3ccc(F)cc3)cc2c1. The number of benzene rings is 3. The van der Waals surface area contributed by atoms with E-state index in [1.54, 1.807) is 23.9 Å². The summed E-state index contributed by atoms with van der Waals surface area (Å²) in [4.78, 5) is 18.2. The number of rotatable bonds is 10. The average molecular weight is 513 g/mol. The third kappa shape index (κ3) is 5.78. The molecule has 3 aromatic carbocycles. The second-order valence-electron chi connectivity index (χ2n) is 9.24. The minimum absolute atomic E-state index is 0.127. The first-order valence-electron chi connectivity index (χ1n) is 12.5. The van der Waals surface area contributed by atoms with Crippen LogP contribution in [0.3, 0.4) is 0 Å². The van der Waals surface area contributed by atoms with E-state index in [-0.39, 0.29) is 11.4 Å². The maximum atomic E-state index is 13.4. The Hall–Kier alpha value is -4.37. The smallest absolute Gasteiger partial charge is 0.252 e. The lowest BCUT2D eigenvalue weighted by atomic mass is 10.1. The van der Waals surface area contributed by atoms with Crippen LogP contribution in [0.15, 0.2) is 77.6 Å². The summed E-state index contributed by atoms with van der Waals surface area (Å²) >= 11 is 0. The molecule has 0 amide bonds. The zero-order valence-electron chi connectivity index (χ0n) is 21.4. The molecule has 0 aliphatic heterocycles. The van der Waals surface area contributed by atoms with Gasteiger partial charge in [0.25, 0.3) is 5.56 Å². The number of halogens is 1. The predicted octanol–water partition coefficient (Wildman–Crippen LogP) is 4.48. The average Bonchev–Trinajstić information content (AvgIpc) is 3.36. The Morgan fingerprint density at radius 1 is 0.947 bits per heavy atom. The summed E-state index contributed by atoms with van der Waals surface area (Å²) in [6, 6.07) is 22.1. The van der Waals surface area contributed by atoms with Crippen LogP contribution in [0.5, 0.6) is 5.75 Å². The van der Waals surface area contributed by atoms with Crippen molar-refractivity contribution in [3.63, 3.8) is 0 Å². The fourth-order valence-electron chi connectivity index (χ4n) is 4.54. The number of aromatic nitrogens is 5. The molecule has 0 bridgehead atoms. The molecule has 0 radical (unpaired) electrons. The molecule has 38 heavy (non-hydrogen) atoms. The zero-order chi connectivity index (χ0) is 26.5. The van der Waals surface area contributed by atoms with Crippen molar-refractivity contribution in [2.24, 2.45) is 0 Å². The number of aromatic amines is 1. The fraction of sp³-hybridized carbons (Fsp3) is 0.241. The van der Waals surface area contributed by atoms with E-state index in [0.717, 1.165) is 34.2 Å². The highest BCUT2D eigenvalue weighted by Gasteiger charge is 2.17. The molecule has 0 unspecified atom stereocenters. The number of ether oxygens (including phenoxy) is 1. The van der Waals surface area contributed by atoms with Crippen molar-refractivity contribution in [2.75, 3.05) is 7.11 Å². The summed E-state index contributed by atoms with van der Waals surface area (Å²) < 4.78 is 20.6. The third-order valence-corrected chi connectivity index (χ3v) is 6.59. The maximum absolute atomic E-state index is 13.4. The number of hydrogen-bond donors (Lipinski definition) is 1. The third-order valence-electron chi connectivity index (χ3n) is 6.59. The van der Waals surface area contributed by atoms with Crippen LogP contribution in [-0.4, -0.2) is 37.2 Å². The van der Waals surface area contributed by atoms with Gasteiger partial charge in [-0.3, -0.25) is 9.69 Å². The lowest BCUT2D eigenvalue weighted by Gasteiger charge is -2.23. The number of fused-ring (bicyclic) bond motifs is 1. The van der Waals surface area contributed by atoms with E-state index < -0.39 is 0 Å². The van der Waals surface area contributed by atoms with E-state index in [1.165, 1.54) is 17.7 Å². The van der Waals surface area contributed by atoms with Gasteiger partial charge < -0.3 is 9.72 Å². The summed E-state index contributed by atoms with van der Waals surface area (Å²) in [6.45, 7) is 3.79. The molecule has 9 heteroatoms. The minimum Gasteiger partial charge on any atom is -0.496 e. The molecule has 0 atom stereocenters. The van der Waals surface area contributed by atoms with Gasteiger partial charge in [0.2, 0.25) is 0 Å². The first-order valence-corrected chi connectivity index (χ1v) is 12.5. The molecular formula is C29H29FN6O2. The molecule has 0 saturated carbocycles. The highest BCUT2D eigenvalue weighted by molar-refractivity contribution is 5.79. The number of H-pyrrole nitrogens is 1. The Bertz CT molecular complexity index is 1600. The predicted molar refractivity (Wildman–Crippen MR) is 143 cm³/mol. The second-order valence-corrected chi connectivity index (χ2v) is 9.24. The summed E-state index contributed by atoms with van der Waals surface area (Å²) in [6.07, 6.45) is 0.918. The van der Waals surface area contributed by atoms with E-state index in [9.17, 15) is 9.18 Å². The fourth-order valence-corrected chi connectivity index (χ4v) is 4.54. The van der Waals surface area contributed by atoms with Gasteiger partial charge in [0.1, 0.15) is 11.6 Å². The molecule has 1 N–H and O–H groups in total. The van der Waals surface area contributed by atoms with E-state index in [1.807, 2.05) is 42.5 Å². The number of methoxy groups -OCH3 is 1. The number of para-hydroxylation sites is 1. The van der Waals surface area contributed by atoms with Crippen molar-refractivity contribution in [1.82, 2.24) is 30.1 Å². The highest BCUT2D eigenvalue weighted by atomic mass is 19.1. The van der Waals surface area contributed by atoms with Crippen molar-refractivity contribution >= 4 is 10.9 Å². The summed E-state index contributed by atoms with van der Waals surface area (Å²) in [5.74, 6) is 1.11. The monoisotopic (exact) mass is 512 g/mol. The van der Waals surface area contributed by atoms with Crippen molar-refractivity contribution in [2.45, 2.75) is 39.5 Å². The summed E-state index contributed by atoms with van der Waals surface area (Å²) in [5, 5.41) is 13.3. The largest absolute Gasteiger partial charge is 0.496 e. The van der Waals surface area contributed by atoms with Crippen molar-refractivity contribution < 1.29 is 9.13 Å². The minimum atomic E-state index is -0.291. The quantitative estimate of drug-likeness (QED) is 0.297. The van der Waals surface area contributed by atoms with Crippen LogP contribution in [0.1, 0.15) is 35.0 Å². The number of hydrogen-bond acceptors (Lipinski definition) is 6. The summed E-state index contributed by atoms with van der Waals surface area (Å²) in [7, 11) is 1.64.